The molecule has 2 saturated heterocycles. The van der Waals surface area contributed by atoms with Gasteiger partial charge in [0.1, 0.15) is 0 Å². The number of rotatable bonds is 0. The van der Waals surface area contributed by atoms with Crippen molar-refractivity contribution >= 4 is 16.9 Å². The molecule has 2 N–H and O–H groups in total. The van der Waals surface area contributed by atoms with Gasteiger partial charge in [0.25, 0.3) is 0 Å². The first-order valence-corrected chi connectivity index (χ1v) is 10.1. The SMILES string of the molecule is N#CN=C(N1CCCC1)N1CCC2(CC1)NCCc1c2[nH]c2ccccc12. The zero-order valence-electron chi connectivity index (χ0n) is 15.7. The number of nitriles is 1. The van der Waals surface area contributed by atoms with Crippen LogP contribution < -0.4 is 5.32 Å². The van der Waals surface area contributed by atoms with E-state index in [0.717, 1.165) is 57.9 Å². The van der Waals surface area contributed by atoms with E-state index in [0.29, 0.717) is 0 Å². The number of para-hydroxylation sites is 1. The van der Waals surface area contributed by atoms with Gasteiger partial charge in [0, 0.05) is 49.3 Å². The Morgan fingerprint density at radius 1 is 1.07 bits per heavy atom. The number of aromatic nitrogens is 1. The normalized spacial score (nSPS) is 22.3. The third kappa shape index (κ3) is 2.69. The number of H-pyrrole nitrogens is 1. The monoisotopic (exact) mass is 362 g/mol. The number of aliphatic imine (C=N–C) groups is 1. The molecule has 1 aromatic heterocycles. The minimum atomic E-state index is 0.0197. The molecule has 2 aromatic rings. The Bertz CT molecular complexity index is 906. The molecule has 0 aliphatic carbocycles. The van der Waals surface area contributed by atoms with Crippen molar-refractivity contribution in [1.82, 2.24) is 20.1 Å². The first kappa shape index (κ1) is 16.6. The summed E-state index contributed by atoms with van der Waals surface area (Å²) >= 11 is 0. The number of benzene rings is 1. The number of piperidine rings is 1. The zero-order valence-corrected chi connectivity index (χ0v) is 15.7. The summed E-state index contributed by atoms with van der Waals surface area (Å²) < 4.78 is 0. The van der Waals surface area contributed by atoms with E-state index in [4.69, 9.17) is 0 Å². The summed E-state index contributed by atoms with van der Waals surface area (Å²) in [6, 6.07) is 8.66. The molecule has 0 atom stereocenters. The highest BCUT2D eigenvalue weighted by molar-refractivity contribution is 5.85. The molecular formula is C21H26N6. The molecule has 5 rings (SSSR count). The Labute approximate surface area is 159 Å². The molecule has 1 aromatic carbocycles. The number of nitrogens with zero attached hydrogens (tertiary/aromatic N) is 4. The topological polar surface area (TPSA) is 70.5 Å². The van der Waals surface area contributed by atoms with Crippen molar-refractivity contribution in [3.8, 4) is 6.19 Å². The largest absolute Gasteiger partial charge is 0.357 e. The first-order valence-electron chi connectivity index (χ1n) is 10.1. The van der Waals surface area contributed by atoms with Crippen LogP contribution in [0.3, 0.4) is 0 Å². The van der Waals surface area contributed by atoms with Gasteiger partial charge in [0.2, 0.25) is 12.2 Å². The molecule has 3 aliphatic heterocycles. The van der Waals surface area contributed by atoms with E-state index in [2.05, 4.69) is 49.4 Å². The van der Waals surface area contributed by atoms with Gasteiger partial charge < -0.3 is 20.1 Å². The van der Waals surface area contributed by atoms with Gasteiger partial charge in [-0.2, -0.15) is 5.26 Å². The van der Waals surface area contributed by atoms with E-state index < -0.39 is 0 Å². The van der Waals surface area contributed by atoms with E-state index in [-0.39, 0.29) is 5.54 Å². The minimum absolute atomic E-state index is 0.0197. The zero-order chi connectivity index (χ0) is 18.3. The minimum Gasteiger partial charge on any atom is -0.357 e. The number of likely N-dealkylation sites (tertiary alicyclic amines) is 2. The second-order valence-electron chi connectivity index (χ2n) is 7.98. The first-order chi connectivity index (χ1) is 13.3. The summed E-state index contributed by atoms with van der Waals surface area (Å²) in [7, 11) is 0. The van der Waals surface area contributed by atoms with Crippen molar-refractivity contribution in [2.24, 2.45) is 4.99 Å². The summed E-state index contributed by atoms with van der Waals surface area (Å²) in [6.07, 6.45) is 7.57. The lowest BCUT2D eigenvalue weighted by Gasteiger charge is -2.46. The molecule has 0 unspecified atom stereocenters. The van der Waals surface area contributed by atoms with Crippen LogP contribution in [0.4, 0.5) is 0 Å². The fourth-order valence-electron chi connectivity index (χ4n) is 5.20. The molecule has 0 saturated carbocycles. The van der Waals surface area contributed by atoms with Gasteiger partial charge in [-0.3, -0.25) is 0 Å². The second-order valence-corrected chi connectivity index (χ2v) is 7.98. The number of hydrogen-bond donors (Lipinski definition) is 2. The number of aromatic amines is 1. The predicted molar refractivity (Wildman–Crippen MR) is 106 cm³/mol. The summed E-state index contributed by atoms with van der Waals surface area (Å²) in [6.45, 7) is 4.93. The highest BCUT2D eigenvalue weighted by Crippen LogP contribution is 2.40. The van der Waals surface area contributed by atoms with E-state index in [1.807, 2.05) is 6.19 Å². The van der Waals surface area contributed by atoms with Gasteiger partial charge in [-0.15, -0.1) is 4.99 Å². The maximum Gasteiger partial charge on any atom is 0.212 e. The van der Waals surface area contributed by atoms with Crippen molar-refractivity contribution in [3.05, 3.63) is 35.5 Å². The second kappa shape index (κ2) is 6.58. The number of guanidine groups is 1. The smallest absolute Gasteiger partial charge is 0.212 e. The van der Waals surface area contributed by atoms with Crippen LogP contribution in [0, 0.1) is 11.5 Å². The van der Waals surface area contributed by atoms with E-state index in [1.54, 1.807) is 0 Å². The third-order valence-electron chi connectivity index (χ3n) is 6.57. The molecule has 2 fully saturated rings. The van der Waals surface area contributed by atoms with Gasteiger partial charge >= 0.3 is 0 Å². The average Bonchev–Trinajstić information content (AvgIpc) is 3.36. The molecule has 140 valence electrons. The maximum atomic E-state index is 9.17. The van der Waals surface area contributed by atoms with Crippen molar-refractivity contribution in [2.75, 3.05) is 32.7 Å². The van der Waals surface area contributed by atoms with E-state index in [1.165, 1.54) is 35.0 Å². The number of hydrogen-bond acceptors (Lipinski definition) is 3. The van der Waals surface area contributed by atoms with E-state index in [9.17, 15) is 5.26 Å². The third-order valence-corrected chi connectivity index (χ3v) is 6.57. The highest BCUT2D eigenvalue weighted by atomic mass is 15.4. The van der Waals surface area contributed by atoms with E-state index >= 15 is 0 Å². The molecule has 0 bridgehead atoms. The Balaban J connectivity index is 1.42. The Hall–Kier alpha value is -2.52. The van der Waals surface area contributed by atoms with Crippen molar-refractivity contribution in [2.45, 2.75) is 37.6 Å². The predicted octanol–water partition coefficient (Wildman–Crippen LogP) is 2.54. The molecule has 1 spiro atoms. The van der Waals surface area contributed by atoms with Crippen LogP contribution in [-0.2, 0) is 12.0 Å². The van der Waals surface area contributed by atoms with Gasteiger partial charge in [-0.1, -0.05) is 18.2 Å². The van der Waals surface area contributed by atoms with Crippen LogP contribution in [-0.4, -0.2) is 53.5 Å². The lowest BCUT2D eigenvalue weighted by Crippen LogP contribution is -2.56. The summed E-state index contributed by atoms with van der Waals surface area (Å²) in [5.41, 5.74) is 4.14. The molecule has 6 nitrogen and oxygen atoms in total. The molecule has 4 heterocycles. The molecule has 0 amide bonds. The van der Waals surface area contributed by atoms with Gasteiger partial charge in [-0.05, 0) is 43.7 Å². The number of nitrogens with one attached hydrogen (secondary N) is 2. The van der Waals surface area contributed by atoms with Crippen LogP contribution >= 0.6 is 0 Å². The summed E-state index contributed by atoms with van der Waals surface area (Å²) in [4.78, 5) is 12.5. The Morgan fingerprint density at radius 3 is 2.59 bits per heavy atom. The van der Waals surface area contributed by atoms with Crippen LogP contribution in [0.15, 0.2) is 29.3 Å². The highest BCUT2D eigenvalue weighted by Gasteiger charge is 2.42. The Morgan fingerprint density at radius 2 is 1.81 bits per heavy atom. The van der Waals surface area contributed by atoms with Crippen molar-refractivity contribution < 1.29 is 0 Å². The van der Waals surface area contributed by atoms with Crippen LogP contribution in [0.1, 0.15) is 36.9 Å². The standard InChI is InChI=1S/C21H26N6/c22-15-23-20(26-11-3-4-12-26)27-13-8-21(9-14-27)19-17(7-10-24-21)16-5-1-2-6-18(16)25-19/h1-2,5-6,24-25H,3-4,7-14H2. The van der Waals surface area contributed by atoms with Gasteiger partial charge in [-0.25, -0.2) is 0 Å². The van der Waals surface area contributed by atoms with Crippen LogP contribution in [0.2, 0.25) is 0 Å². The molecular weight excluding hydrogens is 336 g/mol. The lowest BCUT2D eigenvalue weighted by molar-refractivity contribution is 0.164. The fraction of sp³-hybridized carbons (Fsp3) is 0.524. The summed E-state index contributed by atoms with van der Waals surface area (Å²) in [5, 5.41) is 14.4. The fourth-order valence-corrected chi connectivity index (χ4v) is 5.20. The van der Waals surface area contributed by atoms with Gasteiger partial charge in [0.15, 0.2) is 0 Å². The van der Waals surface area contributed by atoms with Gasteiger partial charge in [0.05, 0.1) is 5.54 Å². The molecule has 0 radical (unpaired) electrons. The van der Waals surface area contributed by atoms with Crippen LogP contribution in [0.5, 0.6) is 0 Å². The summed E-state index contributed by atoms with van der Waals surface area (Å²) in [5.74, 6) is 0.887. The molecule has 3 aliphatic rings. The average molecular weight is 362 g/mol. The number of fused-ring (bicyclic) bond motifs is 4. The quantitative estimate of drug-likeness (QED) is 0.429. The maximum absolute atomic E-state index is 9.17. The van der Waals surface area contributed by atoms with Crippen molar-refractivity contribution in [1.29, 1.82) is 5.26 Å². The Kier molecular flexibility index (Phi) is 4.05. The lowest BCUT2D eigenvalue weighted by atomic mass is 9.79. The van der Waals surface area contributed by atoms with Crippen molar-refractivity contribution in [3.63, 3.8) is 0 Å². The molecule has 27 heavy (non-hydrogen) atoms. The van der Waals surface area contributed by atoms with Crippen LogP contribution in [0.25, 0.3) is 10.9 Å². The molecule has 6 heteroatoms.